The smallest absolute Gasteiger partial charge is 0.347 e. The van der Waals surface area contributed by atoms with Crippen molar-refractivity contribution < 1.29 is 23.4 Å². The van der Waals surface area contributed by atoms with Gasteiger partial charge in [0, 0.05) is 5.39 Å². The second-order valence-electron chi connectivity index (χ2n) is 6.87. The topological polar surface area (TPSA) is 75.0 Å². The maximum Gasteiger partial charge on any atom is 0.347 e. The van der Waals surface area contributed by atoms with Gasteiger partial charge in [-0.15, -0.1) is 0 Å². The molecule has 4 aromatic rings. The Balaban J connectivity index is 1.74. The van der Waals surface area contributed by atoms with E-state index in [1.165, 1.54) is 7.11 Å². The van der Waals surface area contributed by atoms with Gasteiger partial charge in [0.15, 0.2) is 0 Å². The van der Waals surface area contributed by atoms with Crippen LogP contribution in [0, 0.1) is 6.92 Å². The Kier molecular flexibility index (Phi) is 5.45. The van der Waals surface area contributed by atoms with Gasteiger partial charge in [0.25, 0.3) is 0 Å². The molecular weight excluding hydrogens is 396 g/mol. The van der Waals surface area contributed by atoms with E-state index in [9.17, 15) is 9.59 Å². The molecule has 0 N–H and O–H groups in total. The van der Waals surface area contributed by atoms with Gasteiger partial charge in [-0.05, 0) is 60.5 Å². The molecular formula is C25H20O6. The lowest BCUT2D eigenvalue weighted by molar-refractivity contribution is 0.0731. The van der Waals surface area contributed by atoms with Crippen LogP contribution in [-0.2, 0) is 0 Å². The highest BCUT2D eigenvalue weighted by molar-refractivity contribution is 5.95. The minimum absolute atomic E-state index is 0.320. The van der Waals surface area contributed by atoms with Crippen LogP contribution in [-0.4, -0.2) is 20.2 Å². The summed E-state index contributed by atoms with van der Waals surface area (Å²) in [7, 11) is 3.08. The van der Waals surface area contributed by atoms with E-state index < -0.39 is 11.6 Å². The molecule has 0 atom stereocenters. The van der Waals surface area contributed by atoms with Gasteiger partial charge >= 0.3 is 11.6 Å². The number of aryl methyl sites for hydroxylation is 1. The zero-order valence-corrected chi connectivity index (χ0v) is 17.3. The third-order valence-electron chi connectivity index (χ3n) is 5.05. The monoisotopic (exact) mass is 416 g/mol. The van der Waals surface area contributed by atoms with E-state index in [1.807, 2.05) is 6.92 Å². The van der Waals surface area contributed by atoms with Crippen molar-refractivity contribution in [3.8, 4) is 28.4 Å². The quantitative estimate of drug-likeness (QED) is 0.259. The van der Waals surface area contributed by atoms with Crippen LogP contribution in [0.25, 0.3) is 22.1 Å². The van der Waals surface area contributed by atoms with Gasteiger partial charge in [0.05, 0.1) is 19.8 Å². The van der Waals surface area contributed by atoms with E-state index in [0.717, 1.165) is 5.56 Å². The van der Waals surface area contributed by atoms with Crippen LogP contribution < -0.4 is 19.8 Å². The fraction of sp³-hybridized carbons (Fsp3) is 0.120. The van der Waals surface area contributed by atoms with Gasteiger partial charge < -0.3 is 18.6 Å². The Bertz CT molecular complexity index is 1320. The fourth-order valence-electron chi connectivity index (χ4n) is 3.46. The first-order valence-electron chi connectivity index (χ1n) is 9.59. The van der Waals surface area contributed by atoms with Crippen molar-refractivity contribution in [3.63, 3.8) is 0 Å². The SMILES string of the molecule is COc1ccc(-c2c(C)c3cc(OC(=O)c4ccccc4OC)ccc3oc2=O)cc1. The fourth-order valence-corrected chi connectivity index (χ4v) is 3.46. The summed E-state index contributed by atoms with van der Waals surface area (Å²) in [6.07, 6.45) is 0. The summed E-state index contributed by atoms with van der Waals surface area (Å²) in [5.41, 5.74) is 2.19. The minimum Gasteiger partial charge on any atom is -0.497 e. The Morgan fingerprint density at radius 1 is 0.871 bits per heavy atom. The van der Waals surface area contributed by atoms with Crippen molar-refractivity contribution in [3.05, 3.63) is 88.3 Å². The van der Waals surface area contributed by atoms with E-state index >= 15 is 0 Å². The number of methoxy groups -OCH3 is 2. The number of hydrogen-bond acceptors (Lipinski definition) is 6. The molecule has 6 nitrogen and oxygen atoms in total. The molecule has 1 aromatic heterocycles. The van der Waals surface area contributed by atoms with E-state index in [4.69, 9.17) is 18.6 Å². The van der Waals surface area contributed by atoms with Crippen LogP contribution in [0.1, 0.15) is 15.9 Å². The van der Waals surface area contributed by atoms with Gasteiger partial charge in [0.2, 0.25) is 0 Å². The van der Waals surface area contributed by atoms with E-state index in [-0.39, 0.29) is 0 Å². The number of carbonyl (C=O) groups is 1. The number of fused-ring (bicyclic) bond motifs is 1. The molecule has 0 aliphatic carbocycles. The first-order valence-corrected chi connectivity index (χ1v) is 9.59. The van der Waals surface area contributed by atoms with Crippen molar-refractivity contribution in [2.45, 2.75) is 6.92 Å². The summed E-state index contributed by atoms with van der Waals surface area (Å²) in [6.45, 7) is 1.84. The van der Waals surface area contributed by atoms with Crippen molar-refractivity contribution in [1.82, 2.24) is 0 Å². The van der Waals surface area contributed by atoms with E-state index in [1.54, 1.807) is 73.8 Å². The van der Waals surface area contributed by atoms with Crippen molar-refractivity contribution >= 4 is 16.9 Å². The Hall–Kier alpha value is -4.06. The lowest BCUT2D eigenvalue weighted by atomic mass is 9.99. The van der Waals surface area contributed by atoms with Crippen LogP contribution in [0.15, 0.2) is 75.9 Å². The van der Waals surface area contributed by atoms with Crippen molar-refractivity contribution in [2.75, 3.05) is 14.2 Å². The first-order chi connectivity index (χ1) is 15.0. The Morgan fingerprint density at radius 3 is 2.29 bits per heavy atom. The molecule has 6 heteroatoms. The molecule has 0 radical (unpaired) electrons. The molecule has 0 aliphatic heterocycles. The predicted octanol–water partition coefficient (Wildman–Crippen LogP) is 5.00. The molecule has 0 unspecified atom stereocenters. The van der Waals surface area contributed by atoms with Crippen LogP contribution in [0.3, 0.4) is 0 Å². The van der Waals surface area contributed by atoms with Gasteiger partial charge in [0.1, 0.15) is 28.4 Å². The number of para-hydroxylation sites is 1. The summed E-state index contributed by atoms with van der Waals surface area (Å²) in [5, 5.41) is 0.677. The molecule has 156 valence electrons. The molecule has 0 amide bonds. The molecule has 0 saturated carbocycles. The highest BCUT2D eigenvalue weighted by Crippen LogP contribution is 2.30. The average molecular weight is 416 g/mol. The molecule has 0 aliphatic rings. The van der Waals surface area contributed by atoms with Gasteiger partial charge in [-0.2, -0.15) is 0 Å². The summed E-state index contributed by atoms with van der Waals surface area (Å²) >= 11 is 0. The molecule has 0 bridgehead atoms. The number of esters is 1. The third-order valence-corrected chi connectivity index (χ3v) is 5.05. The molecule has 0 saturated heterocycles. The molecule has 3 aromatic carbocycles. The molecule has 4 rings (SSSR count). The number of ether oxygens (including phenoxy) is 3. The molecule has 0 fully saturated rings. The number of carbonyl (C=O) groups excluding carboxylic acids is 1. The standard InChI is InChI=1S/C25H20O6/c1-15-20-14-18(30-24(26)19-6-4-5-7-21(19)29-3)12-13-22(20)31-25(27)23(15)16-8-10-17(28-2)11-9-16/h4-14H,1-3H3. The Morgan fingerprint density at radius 2 is 1.58 bits per heavy atom. The number of rotatable bonds is 5. The normalized spacial score (nSPS) is 10.7. The number of hydrogen-bond donors (Lipinski definition) is 0. The van der Waals surface area contributed by atoms with Crippen molar-refractivity contribution in [1.29, 1.82) is 0 Å². The second-order valence-corrected chi connectivity index (χ2v) is 6.87. The molecule has 1 heterocycles. The van der Waals surface area contributed by atoms with E-state index in [0.29, 0.717) is 44.9 Å². The summed E-state index contributed by atoms with van der Waals surface area (Å²) in [4.78, 5) is 25.3. The van der Waals surface area contributed by atoms with Crippen molar-refractivity contribution in [2.24, 2.45) is 0 Å². The molecule has 0 spiro atoms. The summed E-state index contributed by atoms with van der Waals surface area (Å²) in [5.74, 6) is 0.914. The summed E-state index contributed by atoms with van der Waals surface area (Å²) in [6, 6.07) is 18.9. The highest BCUT2D eigenvalue weighted by atomic mass is 16.5. The lowest BCUT2D eigenvalue weighted by Gasteiger charge is -2.11. The van der Waals surface area contributed by atoms with Gasteiger partial charge in [-0.3, -0.25) is 0 Å². The highest BCUT2D eigenvalue weighted by Gasteiger charge is 2.17. The van der Waals surface area contributed by atoms with Crippen LogP contribution >= 0.6 is 0 Å². The van der Waals surface area contributed by atoms with Gasteiger partial charge in [-0.25, -0.2) is 9.59 Å². The van der Waals surface area contributed by atoms with Crippen LogP contribution in [0.4, 0.5) is 0 Å². The van der Waals surface area contributed by atoms with Gasteiger partial charge in [-0.1, -0.05) is 24.3 Å². The average Bonchev–Trinajstić information content (AvgIpc) is 2.80. The predicted molar refractivity (Wildman–Crippen MR) is 117 cm³/mol. The van der Waals surface area contributed by atoms with Crippen LogP contribution in [0.2, 0.25) is 0 Å². The lowest BCUT2D eigenvalue weighted by Crippen LogP contribution is -2.10. The first kappa shape index (κ1) is 20.2. The zero-order chi connectivity index (χ0) is 22.0. The third kappa shape index (κ3) is 3.88. The minimum atomic E-state index is -0.540. The second kappa shape index (κ2) is 8.36. The largest absolute Gasteiger partial charge is 0.497 e. The Labute approximate surface area is 178 Å². The van der Waals surface area contributed by atoms with E-state index in [2.05, 4.69) is 0 Å². The van der Waals surface area contributed by atoms with Crippen LogP contribution in [0.5, 0.6) is 17.2 Å². The maximum atomic E-state index is 12.6. The maximum absolute atomic E-state index is 12.6. The number of benzene rings is 3. The summed E-state index contributed by atoms with van der Waals surface area (Å²) < 4.78 is 21.5. The molecule has 31 heavy (non-hydrogen) atoms. The zero-order valence-electron chi connectivity index (χ0n) is 17.3.